The normalized spacial score (nSPS) is 23.1. The molecule has 1 aliphatic carbocycles. The number of nitrogens with one attached hydrogen (secondary N) is 1. The van der Waals surface area contributed by atoms with Crippen LogP contribution in [0.1, 0.15) is 29.9 Å². The highest BCUT2D eigenvalue weighted by molar-refractivity contribution is 7.13. The van der Waals surface area contributed by atoms with Crippen LogP contribution in [0.4, 0.5) is 5.13 Å². The number of rotatable bonds is 3. The van der Waals surface area contributed by atoms with Gasteiger partial charge in [-0.1, -0.05) is 35.6 Å². The van der Waals surface area contributed by atoms with Crippen molar-refractivity contribution in [3.63, 3.8) is 0 Å². The van der Waals surface area contributed by atoms with Gasteiger partial charge in [-0.15, -0.1) is 10.2 Å². The second-order valence-corrected chi connectivity index (χ2v) is 5.44. The highest BCUT2D eigenvalue weighted by atomic mass is 32.1. The van der Waals surface area contributed by atoms with E-state index in [1.165, 1.54) is 24.0 Å². The molecule has 0 saturated heterocycles. The van der Waals surface area contributed by atoms with Crippen molar-refractivity contribution in [2.24, 2.45) is 0 Å². The maximum Gasteiger partial charge on any atom is 0.205 e. The van der Waals surface area contributed by atoms with E-state index in [1.807, 2.05) is 0 Å². The van der Waals surface area contributed by atoms with Gasteiger partial charge in [0.2, 0.25) is 5.13 Å². The van der Waals surface area contributed by atoms with E-state index in [4.69, 9.17) is 0 Å². The van der Waals surface area contributed by atoms with Crippen molar-refractivity contribution in [3.05, 3.63) is 40.9 Å². The third kappa shape index (κ3) is 2.17. The molecule has 1 aromatic heterocycles. The minimum atomic E-state index is 0.563. The van der Waals surface area contributed by atoms with Gasteiger partial charge in [0, 0.05) is 6.04 Å². The lowest BCUT2D eigenvalue weighted by Crippen LogP contribution is -2.34. The number of benzene rings is 1. The monoisotopic (exact) mass is 245 g/mol. The molecule has 88 valence electrons. The predicted molar refractivity (Wildman–Crippen MR) is 70.5 cm³/mol. The quantitative estimate of drug-likeness (QED) is 0.902. The van der Waals surface area contributed by atoms with E-state index in [0.717, 1.165) is 5.13 Å². The Bertz CT molecular complexity index is 489. The van der Waals surface area contributed by atoms with E-state index in [0.29, 0.717) is 12.0 Å². The van der Waals surface area contributed by atoms with Crippen LogP contribution in [0, 0.1) is 6.92 Å². The summed E-state index contributed by atoms with van der Waals surface area (Å²) in [6, 6.07) is 9.25. The fourth-order valence-corrected chi connectivity index (χ4v) is 2.97. The molecule has 0 amide bonds. The van der Waals surface area contributed by atoms with Gasteiger partial charge >= 0.3 is 0 Å². The highest BCUT2D eigenvalue weighted by Gasteiger charge is 2.31. The number of aromatic nitrogens is 2. The van der Waals surface area contributed by atoms with Crippen molar-refractivity contribution in [1.29, 1.82) is 0 Å². The van der Waals surface area contributed by atoms with Gasteiger partial charge in [0.05, 0.1) is 0 Å². The summed E-state index contributed by atoms with van der Waals surface area (Å²) in [6.07, 6.45) is 2.40. The number of nitrogens with zero attached hydrogens (tertiary/aromatic N) is 2. The minimum absolute atomic E-state index is 0.563. The molecule has 4 heteroatoms. The van der Waals surface area contributed by atoms with Crippen molar-refractivity contribution in [1.82, 2.24) is 10.2 Å². The van der Waals surface area contributed by atoms with Gasteiger partial charge in [-0.25, -0.2) is 0 Å². The maximum atomic E-state index is 4.01. The number of aryl methyl sites for hydroxylation is 1. The molecule has 0 bridgehead atoms. The fourth-order valence-electron chi connectivity index (χ4n) is 2.45. The van der Waals surface area contributed by atoms with Crippen molar-refractivity contribution in [2.45, 2.75) is 31.7 Å². The van der Waals surface area contributed by atoms with Crippen LogP contribution in [0.3, 0.4) is 0 Å². The van der Waals surface area contributed by atoms with Crippen LogP contribution in [0.5, 0.6) is 0 Å². The topological polar surface area (TPSA) is 37.8 Å². The molecule has 1 saturated carbocycles. The summed E-state index contributed by atoms with van der Waals surface area (Å²) >= 11 is 1.57. The molecular weight excluding hydrogens is 230 g/mol. The summed E-state index contributed by atoms with van der Waals surface area (Å²) in [5.74, 6) is 0.710. The summed E-state index contributed by atoms with van der Waals surface area (Å²) in [7, 11) is 0. The summed E-state index contributed by atoms with van der Waals surface area (Å²) < 4.78 is 0. The first-order chi connectivity index (χ1) is 8.33. The minimum Gasteiger partial charge on any atom is -0.357 e. The third-order valence-corrected chi connectivity index (χ3v) is 4.08. The number of hydrogen-bond acceptors (Lipinski definition) is 4. The third-order valence-electron chi connectivity index (χ3n) is 3.45. The molecule has 1 N–H and O–H groups in total. The first kappa shape index (κ1) is 10.7. The molecule has 0 aliphatic heterocycles. The van der Waals surface area contributed by atoms with Crippen LogP contribution in [-0.2, 0) is 0 Å². The van der Waals surface area contributed by atoms with Crippen molar-refractivity contribution >= 4 is 16.5 Å². The molecule has 1 heterocycles. The molecule has 0 atom stereocenters. The lowest BCUT2D eigenvalue weighted by Gasteiger charge is -2.36. The van der Waals surface area contributed by atoms with Gasteiger partial charge in [0.1, 0.15) is 5.51 Å². The Hall–Kier alpha value is -1.42. The lowest BCUT2D eigenvalue weighted by molar-refractivity contribution is 0.372. The van der Waals surface area contributed by atoms with Crippen LogP contribution >= 0.6 is 11.3 Å². The van der Waals surface area contributed by atoms with Crippen molar-refractivity contribution in [3.8, 4) is 0 Å². The molecule has 17 heavy (non-hydrogen) atoms. The molecule has 0 radical (unpaired) electrons. The molecule has 2 aromatic rings. The Morgan fingerprint density at radius 2 is 2.12 bits per heavy atom. The smallest absolute Gasteiger partial charge is 0.205 e. The molecule has 0 spiro atoms. The van der Waals surface area contributed by atoms with Gasteiger partial charge < -0.3 is 5.32 Å². The molecule has 0 unspecified atom stereocenters. The summed E-state index contributed by atoms with van der Waals surface area (Å²) in [5.41, 5.74) is 4.68. The van der Waals surface area contributed by atoms with Crippen LogP contribution < -0.4 is 5.32 Å². The first-order valence-corrected chi connectivity index (χ1v) is 6.79. The van der Waals surface area contributed by atoms with E-state index in [2.05, 4.69) is 46.7 Å². The van der Waals surface area contributed by atoms with E-state index in [9.17, 15) is 0 Å². The van der Waals surface area contributed by atoms with E-state index >= 15 is 0 Å². The predicted octanol–water partition coefficient (Wildman–Crippen LogP) is 3.20. The van der Waals surface area contributed by atoms with Crippen LogP contribution in [0.15, 0.2) is 29.8 Å². The number of hydrogen-bond donors (Lipinski definition) is 1. The second-order valence-electron chi connectivity index (χ2n) is 4.61. The zero-order valence-electron chi connectivity index (χ0n) is 9.76. The Morgan fingerprint density at radius 3 is 2.82 bits per heavy atom. The van der Waals surface area contributed by atoms with E-state index in [1.54, 1.807) is 16.8 Å². The number of anilines is 1. The molecule has 1 aliphatic rings. The largest absolute Gasteiger partial charge is 0.357 e. The second kappa shape index (κ2) is 4.45. The van der Waals surface area contributed by atoms with Gasteiger partial charge in [-0.3, -0.25) is 0 Å². The van der Waals surface area contributed by atoms with Crippen molar-refractivity contribution in [2.75, 3.05) is 5.32 Å². The molecule has 3 nitrogen and oxygen atoms in total. The first-order valence-electron chi connectivity index (χ1n) is 5.91. The van der Waals surface area contributed by atoms with Gasteiger partial charge in [0.25, 0.3) is 0 Å². The van der Waals surface area contributed by atoms with E-state index < -0.39 is 0 Å². The van der Waals surface area contributed by atoms with Gasteiger partial charge in [0.15, 0.2) is 0 Å². The zero-order chi connectivity index (χ0) is 11.7. The molecule has 1 fully saturated rings. The Balaban J connectivity index is 1.60. The highest BCUT2D eigenvalue weighted by Crippen LogP contribution is 2.39. The van der Waals surface area contributed by atoms with Crippen LogP contribution in [0.2, 0.25) is 0 Å². The summed E-state index contributed by atoms with van der Waals surface area (Å²) in [5, 5.41) is 12.2. The summed E-state index contributed by atoms with van der Waals surface area (Å²) in [4.78, 5) is 0. The summed E-state index contributed by atoms with van der Waals surface area (Å²) in [6.45, 7) is 2.20. The Morgan fingerprint density at radius 1 is 1.29 bits per heavy atom. The van der Waals surface area contributed by atoms with Gasteiger partial charge in [-0.05, 0) is 36.8 Å². The molecule has 1 aromatic carbocycles. The van der Waals surface area contributed by atoms with Gasteiger partial charge in [-0.2, -0.15) is 0 Å². The maximum absolute atomic E-state index is 4.01. The zero-order valence-corrected chi connectivity index (χ0v) is 10.6. The van der Waals surface area contributed by atoms with Crippen LogP contribution in [0.25, 0.3) is 0 Å². The van der Waals surface area contributed by atoms with Crippen LogP contribution in [-0.4, -0.2) is 16.2 Å². The fraction of sp³-hybridized carbons (Fsp3) is 0.385. The Labute approximate surface area is 105 Å². The average Bonchev–Trinajstić information content (AvgIpc) is 2.77. The van der Waals surface area contributed by atoms with Crippen molar-refractivity contribution < 1.29 is 0 Å². The molecule has 3 rings (SSSR count). The SMILES string of the molecule is Cc1ccccc1C1CC(Nc2nncs2)C1. The Kier molecular flexibility index (Phi) is 2.81. The average molecular weight is 245 g/mol. The molecular formula is C13H15N3S. The standard InChI is InChI=1S/C13H15N3S/c1-9-4-2-3-5-12(9)10-6-11(7-10)15-13-16-14-8-17-13/h2-5,8,10-11H,6-7H2,1H3,(H,15,16). The van der Waals surface area contributed by atoms with E-state index in [-0.39, 0.29) is 0 Å². The lowest BCUT2D eigenvalue weighted by atomic mass is 9.74.